The standard InChI is InChI=1S/C16H25N3S/c1-11-8-12(2)18-16(15(11)9-17-13-4-5-13)19(3)14-6-7-20-10-14/h8,13-14,17H,4-7,9-10H2,1-3H3. The van der Waals surface area contributed by atoms with Gasteiger partial charge in [-0.05, 0) is 50.5 Å². The van der Waals surface area contributed by atoms with Gasteiger partial charge in [-0.3, -0.25) is 0 Å². The summed E-state index contributed by atoms with van der Waals surface area (Å²) in [5.74, 6) is 3.72. The van der Waals surface area contributed by atoms with Gasteiger partial charge in [0.05, 0.1) is 0 Å². The highest BCUT2D eigenvalue weighted by atomic mass is 32.2. The molecule has 1 aromatic rings. The zero-order chi connectivity index (χ0) is 14.1. The topological polar surface area (TPSA) is 28.2 Å². The SMILES string of the molecule is Cc1cc(C)c(CNC2CC2)c(N(C)C2CCSC2)n1. The van der Waals surface area contributed by atoms with E-state index in [1.165, 1.54) is 47.7 Å². The largest absolute Gasteiger partial charge is 0.356 e. The number of nitrogens with one attached hydrogen (secondary N) is 1. The van der Waals surface area contributed by atoms with Crippen molar-refractivity contribution in [3.63, 3.8) is 0 Å². The number of pyridine rings is 1. The first-order valence-electron chi connectivity index (χ1n) is 7.66. The van der Waals surface area contributed by atoms with Gasteiger partial charge in [0.15, 0.2) is 0 Å². The molecule has 2 fully saturated rings. The Kier molecular flexibility index (Phi) is 4.22. The second kappa shape index (κ2) is 5.94. The second-order valence-electron chi connectivity index (χ2n) is 6.17. The van der Waals surface area contributed by atoms with E-state index < -0.39 is 0 Å². The molecule has 0 spiro atoms. The summed E-state index contributed by atoms with van der Waals surface area (Å²) in [5, 5.41) is 3.65. The maximum absolute atomic E-state index is 4.85. The number of anilines is 1. The molecule has 0 amide bonds. The minimum atomic E-state index is 0.647. The summed E-state index contributed by atoms with van der Waals surface area (Å²) in [6.45, 7) is 5.29. The summed E-state index contributed by atoms with van der Waals surface area (Å²) >= 11 is 2.06. The van der Waals surface area contributed by atoms with Crippen molar-refractivity contribution in [2.45, 2.75) is 51.7 Å². The van der Waals surface area contributed by atoms with E-state index >= 15 is 0 Å². The van der Waals surface area contributed by atoms with Crippen LogP contribution in [0, 0.1) is 13.8 Å². The van der Waals surface area contributed by atoms with Crippen molar-refractivity contribution in [1.29, 1.82) is 0 Å². The van der Waals surface area contributed by atoms with Crippen LogP contribution >= 0.6 is 11.8 Å². The van der Waals surface area contributed by atoms with Gasteiger partial charge in [-0.1, -0.05) is 0 Å². The summed E-state index contributed by atoms with van der Waals surface area (Å²) in [6.07, 6.45) is 3.96. The van der Waals surface area contributed by atoms with Crippen molar-refractivity contribution < 1.29 is 0 Å². The smallest absolute Gasteiger partial charge is 0.133 e. The molecule has 3 nitrogen and oxygen atoms in total. The Morgan fingerprint density at radius 1 is 1.35 bits per heavy atom. The van der Waals surface area contributed by atoms with E-state index in [-0.39, 0.29) is 0 Å². The first-order chi connectivity index (χ1) is 9.65. The lowest BCUT2D eigenvalue weighted by Gasteiger charge is -2.28. The molecule has 110 valence electrons. The van der Waals surface area contributed by atoms with Crippen molar-refractivity contribution in [2.24, 2.45) is 0 Å². The molecule has 0 aromatic carbocycles. The van der Waals surface area contributed by atoms with Crippen LogP contribution in [-0.4, -0.2) is 35.6 Å². The van der Waals surface area contributed by atoms with Crippen LogP contribution in [0.1, 0.15) is 36.1 Å². The number of hydrogen-bond donors (Lipinski definition) is 1. The molecule has 1 aromatic heterocycles. The van der Waals surface area contributed by atoms with Crippen molar-refractivity contribution in [2.75, 3.05) is 23.5 Å². The Morgan fingerprint density at radius 2 is 2.15 bits per heavy atom. The summed E-state index contributed by atoms with van der Waals surface area (Å²) in [7, 11) is 2.22. The van der Waals surface area contributed by atoms with Crippen LogP contribution in [0.4, 0.5) is 5.82 Å². The van der Waals surface area contributed by atoms with Crippen molar-refractivity contribution in [3.05, 3.63) is 22.9 Å². The highest BCUT2D eigenvalue weighted by Gasteiger charge is 2.25. The molecule has 1 aliphatic carbocycles. The highest BCUT2D eigenvalue weighted by Crippen LogP contribution is 2.29. The molecule has 1 atom stereocenters. The van der Waals surface area contributed by atoms with Crippen LogP contribution in [0.3, 0.4) is 0 Å². The van der Waals surface area contributed by atoms with Gasteiger partial charge in [-0.2, -0.15) is 11.8 Å². The van der Waals surface area contributed by atoms with Crippen LogP contribution in [0.25, 0.3) is 0 Å². The van der Waals surface area contributed by atoms with Gasteiger partial charge in [0.25, 0.3) is 0 Å². The molecule has 1 unspecified atom stereocenters. The highest BCUT2D eigenvalue weighted by molar-refractivity contribution is 7.99. The number of rotatable bonds is 5. The van der Waals surface area contributed by atoms with Crippen LogP contribution in [0.5, 0.6) is 0 Å². The lowest BCUT2D eigenvalue weighted by Crippen LogP contribution is -2.34. The minimum absolute atomic E-state index is 0.647. The fraction of sp³-hybridized carbons (Fsp3) is 0.688. The number of thioether (sulfide) groups is 1. The lowest BCUT2D eigenvalue weighted by molar-refractivity contribution is 0.658. The van der Waals surface area contributed by atoms with Crippen LogP contribution in [0.15, 0.2) is 6.07 Å². The van der Waals surface area contributed by atoms with Gasteiger partial charge in [0.1, 0.15) is 5.82 Å². The number of hydrogen-bond acceptors (Lipinski definition) is 4. The zero-order valence-electron chi connectivity index (χ0n) is 12.8. The third kappa shape index (κ3) is 3.12. The van der Waals surface area contributed by atoms with Crippen molar-refractivity contribution >= 4 is 17.6 Å². The van der Waals surface area contributed by atoms with Gasteiger partial charge in [-0.25, -0.2) is 4.98 Å². The predicted octanol–water partition coefficient (Wildman–Crippen LogP) is 2.89. The van der Waals surface area contributed by atoms with Crippen molar-refractivity contribution in [1.82, 2.24) is 10.3 Å². The Labute approximate surface area is 126 Å². The maximum atomic E-state index is 4.85. The summed E-state index contributed by atoms with van der Waals surface area (Å²) in [6, 6.07) is 3.61. The van der Waals surface area contributed by atoms with E-state index in [0.29, 0.717) is 6.04 Å². The van der Waals surface area contributed by atoms with Gasteiger partial charge >= 0.3 is 0 Å². The molecule has 2 heterocycles. The first kappa shape index (κ1) is 14.2. The Balaban J connectivity index is 1.85. The minimum Gasteiger partial charge on any atom is -0.356 e. The molecule has 2 aliphatic rings. The number of aryl methyl sites for hydroxylation is 2. The van der Waals surface area contributed by atoms with Gasteiger partial charge in [-0.15, -0.1) is 0 Å². The Morgan fingerprint density at radius 3 is 2.80 bits per heavy atom. The van der Waals surface area contributed by atoms with Crippen LogP contribution in [0.2, 0.25) is 0 Å². The Hall–Kier alpha value is -0.740. The van der Waals surface area contributed by atoms with E-state index in [2.05, 4.69) is 48.9 Å². The molecule has 0 bridgehead atoms. The van der Waals surface area contributed by atoms with Crippen LogP contribution in [-0.2, 0) is 6.54 Å². The van der Waals surface area contributed by atoms with Gasteiger partial charge < -0.3 is 10.2 Å². The molecule has 0 radical (unpaired) electrons. The quantitative estimate of drug-likeness (QED) is 0.903. The normalized spacial score (nSPS) is 22.2. The van der Waals surface area contributed by atoms with Crippen molar-refractivity contribution in [3.8, 4) is 0 Å². The van der Waals surface area contributed by atoms with Gasteiger partial charge in [0.2, 0.25) is 0 Å². The van der Waals surface area contributed by atoms with E-state index in [4.69, 9.17) is 4.98 Å². The van der Waals surface area contributed by atoms with E-state index in [1.807, 2.05) is 0 Å². The maximum Gasteiger partial charge on any atom is 0.133 e. The molecule has 1 saturated heterocycles. The third-order valence-electron chi connectivity index (χ3n) is 4.39. The van der Waals surface area contributed by atoms with Crippen LogP contribution < -0.4 is 10.2 Å². The zero-order valence-corrected chi connectivity index (χ0v) is 13.6. The average Bonchev–Trinajstić information content (AvgIpc) is 3.08. The summed E-state index contributed by atoms with van der Waals surface area (Å²) in [4.78, 5) is 7.27. The molecule has 4 heteroatoms. The number of nitrogens with zero attached hydrogens (tertiary/aromatic N) is 2. The predicted molar refractivity (Wildman–Crippen MR) is 87.7 cm³/mol. The van der Waals surface area contributed by atoms with E-state index in [1.54, 1.807) is 0 Å². The fourth-order valence-electron chi connectivity index (χ4n) is 2.89. The molecular formula is C16H25N3S. The first-order valence-corrected chi connectivity index (χ1v) is 8.81. The molecule has 20 heavy (non-hydrogen) atoms. The fourth-order valence-corrected chi connectivity index (χ4v) is 4.16. The van der Waals surface area contributed by atoms with E-state index in [0.717, 1.165) is 18.3 Å². The second-order valence-corrected chi connectivity index (χ2v) is 7.32. The number of aromatic nitrogens is 1. The Bertz CT molecular complexity index is 479. The lowest BCUT2D eigenvalue weighted by atomic mass is 10.1. The molecule has 3 rings (SSSR count). The van der Waals surface area contributed by atoms with E-state index in [9.17, 15) is 0 Å². The molecular weight excluding hydrogens is 266 g/mol. The summed E-state index contributed by atoms with van der Waals surface area (Å²) < 4.78 is 0. The average molecular weight is 291 g/mol. The summed E-state index contributed by atoms with van der Waals surface area (Å²) in [5.41, 5.74) is 3.89. The molecule has 1 N–H and O–H groups in total. The molecule has 1 saturated carbocycles. The molecule has 1 aliphatic heterocycles. The van der Waals surface area contributed by atoms with Gasteiger partial charge in [0, 0.05) is 42.7 Å². The monoisotopic (exact) mass is 291 g/mol. The third-order valence-corrected chi connectivity index (χ3v) is 5.53.